The molecule has 0 bridgehead atoms. The average Bonchev–Trinajstić information content (AvgIpc) is 2.09. The standard InChI is InChI=1S/C24H27ClN6O2.C15H11ClN4O.B16.B15/c1-24(2,3)33-23(32)31-10-8-30(9-11-31)22-20-17(15-4-5-15)13-26-14-18(20)28-21(29-22)16-6-7-27-19(25)12-16;16-12-5-9(3-4-18-12)14-19-11-7-17-6-10(8-1-2-8)13(11)15(21)20-14;1-10(2)14(9)16(13(7)8)15(11(3)4)12(5)6;1-9-13(8)15(12(6)7)14(10(2)3)11(4)5/h6-7,12-15H,4-5,8-11H2,1-3H3;3-8H,1-2H2,(H,19,20,21);;. The Labute approximate surface area is 540 Å². The van der Waals surface area contributed by atoms with Gasteiger partial charge in [-0.2, -0.15) is 0 Å². The molecule has 1 amide bonds. The number of fused-ring (bicyclic) bond motifs is 2. The summed E-state index contributed by atoms with van der Waals surface area (Å²) in [5, 5.41) is 2.47. The smallest absolute Gasteiger partial charge is 0.410 e. The van der Waals surface area contributed by atoms with E-state index >= 15 is 0 Å². The maximum atomic E-state index is 12.5. The van der Waals surface area contributed by atoms with Gasteiger partial charge in [0.2, 0.25) is 0 Å². The van der Waals surface area contributed by atoms with Gasteiger partial charge in [0.1, 0.15) is 27.5 Å². The Bertz CT molecular complexity index is 3210. The van der Waals surface area contributed by atoms with Crippen molar-refractivity contribution < 1.29 is 9.53 Å². The van der Waals surface area contributed by atoms with Crippen molar-refractivity contribution in [3.8, 4) is 22.8 Å². The number of pyridine rings is 4. The van der Waals surface area contributed by atoms with Gasteiger partial charge in [-0.05, 0) is 93.7 Å². The maximum Gasteiger partial charge on any atom is 0.410 e. The van der Waals surface area contributed by atoms with Crippen molar-refractivity contribution in [2.75, 3.05) is 31.1 Å². The van der Waals surface area contributed by atoms with Gasteiger partial charge < -0.3 is 19.5 Å². The Balaban J connectivity index is 0.000000193. The molecule has 2 aliphatic carbocycles. The van der Waals surface area contributed by atoms with E-state index < -0.39 is 88.6 Å². The Hall–Kier alpha value is -3.26. The first-order valence-corrected chi connectivity index (χ1v) is 28.4. The molecule has 3 aliphatic rings. The number of anilines is 1. The highest BCUT2D eigenvalue weighted by atomic mass is 35.5. The highest BCUT2D eigenvalue weighted by Gasteiger charge is 2.40. The van der Waals surface area contributed by atoms with Crippen molar-refractivity contribution in [1.29, 1.82) is 0 Å². The van der Waals surface area contributed by atoms with Crippen LogP contribution in [0.25, 0.3) is 44.6 Å². The third-order valence-electron chi connectivity index (χ3n) is 14.6. The van der Waals surface area contributed by atoms with Crippen LogP contribution in [0, 0.1) is 0 Å². The highest BCUT2D eigenvalue weighted by Crippen LogP contribution is 2.45. The number of hydrogen-bond acceptors (Lipinski definition) is 11. The Morgan fingerprint density at radius 3 is 1.52 bits per heavy atom. The van der Waals surface area contributed by atoms with Crippen LogP contribution in [-0.2, 0) is 4.74 Å². The number of rotatable bonds is 17. The van der Waals surface area contributed by atoms with Gasteiger partial charge in [-0.3, -0.25) is 14.8 Å². The summed E-state index contributed by atoms with van der Waals surface area (Å²) >= 11 is 12.0. The summed E-state index contributed by atoms with van der Waals surface area (Å²) in [5.41, 5.74) is 4.54. The molecule has 0 unspecified atom stereocenters. The number of nitrogens with zero attached hydrogens (tertiary/aromatic N) is 9. The van der Waals surface area contributed by atoms with Gasteiger partial charge in [0.25, 0.3) is 5.56 Å². The number of ether oxygens (including phenoxy) is 1. The lowest BCUT2D eigenvalue weighted by Crippen LogP contribution is -2.75. The molecule has 2 saturated carbocycles. The van der Waals surface area contributed by atoms with Crippen LogP contribution in [0.3, 0.4) is 0 Å². The van der Waals surface area contributed by atoms with Crippen molar-refractivity contribution in [3.05, 3.63) is 93.2 Å². The zero-order valence-corrected chi connectivity index (χ0v) is 49.5. The zero-order chi connectivity index (χ0) is 62.8. The second kappa shape index (κ2) is 32.0. The SMILES string of the molecule is CC(C)(C)OC(=O)N1CCN(c2nc(-c3ccnc(Cl)c3)nc3cncc(C4CC4)c23)CC1.O=c1[nH]c(-c2ccnc(Cl)c2)nc2cncc(C3CC3)c12.[B]B([B])B([B])B(B([B])[B])B(B([B])[B])B([B])[B].[B][B]B([B])B(B([B])[B])B(B([B])[B])B([B])[B]. The lowest BCUT2D eigenvalue weighted by atomic mass is 8.44. The van der Waals surface area contributed by atoms with Crippen molar-refractivity contribution in [2.24, 2.45) is 0 Å². The monoisotopic (exact) mass is 1110 g/mol. The zero-order valence-electron chi connectivity index (χ0n) is 48.0. The molecule has 0 spiro atoms. The fourth-order valence-electron chi connectivity index (χ4n) is 10.1. The number of amides is 1. The molecule has 6 aromatic heterocycles. The topological polar surface area (TPSA) is 156 Å². The fourth-order valence-corrected chi connectivity index (χ4v) is 10.4. The van der Waals surface area contributed by atoms with Crippen LogP contribution in [0.1, 0.15) is 69.4 Å². The van der Waals surface area contributed by atoms with Crippen molar-refractivity contribution in [2.45, 2.75) is 63.9 Å². The first-order valence-electron chi connectivity index (χ1n) is 27.7. The lowest BCUT2D eigenvalue weighted by Gasteiger charge is -2.37. The van der Waals surface area contributed by atoms with Gasteiger partial charge in [-0.15, -0.1) is 0 Å². The van der Waals surface area contributed by atoms with Crippen molar-refractivity contribution in [1.82, 2.24) is 44.8 Å². The van der Waals surface area contributed by atoms with Crippen LogP contribution >= 0.6 is 23.2 Å². The van der Waals surface area contributed by atoms with E-state index in [1.165, 1.54) is 12.6 Å². The minimum Gasteiger partial charge on any atom is -0.444 e. The van der Waals surface area contributed by atoms with E-state index in [1.807, 2.05) is 33.0 Å². The maximum absolute atomic E-state index is 12.5. The van der Waals surface area contributed by atoms with E-state index in [4.69, 9.17) is 169 Å². The quantitative estimate of drug-likeness (QED) is 0.0699. The average molecular weight is 1100 g/mol. The number of hydrogen-bond donors (Lipinski definition) is 1. The molecule has 35 radical (unpaired) electrons. The predicted octanol–water partition coefficient (Wildman–Crippen LogP) is -4.22. The molecule has 7 heterocycles. The van der Waals surface area contributed by atoms with E-state index in [0.29, 0.717) is 70.9 Å². The second-order valence-corrected chi connectivity index (χ2v) is 23.2. The largest absolute Gasteiger partial charge is 0.444 e. The summed E-state index contributed by atoms with van der Waals surface area (Å²) in [6.45, 7) is 8.11. The molecular weight excluding hydrogens is 1060 g/mol. The van der Waals surface area contributed by atoms with Crippen LogP contribution in [0.15, 0.2) is 66.2 Å². The van der Waals surface area contributed by atoms with E-state index in [1.54, 1.807) is 54.1 Å². The number of piperazine rings is 1. The Morgan fingerprint density at radius 1 is 0.612 bits per heavy atom. The van der Waals surface area contributed by atoms with E-state index in [0.717, 1.165) is 59.1 Å². The molecule has 9 rings (SSSR count). The predicted molar refractivity (Wildman–Crippen MR) is 386 cm³/mol. The fraction of sp³-hybridized carbons (Fsp3) is 0.359. The minimum atomic E-state index is -0.807. The van der Waals surface area contributed by atoms with Crippen LogP contribution < -0.4 is 10.5 Å². The van der Waals surface area contributed by atoms with E-state index in [2.05, 4.69) is 34.8 Å². The number of aromatic amines is 1. The molecule has 85 heavy (non-hydrogen) atoms. The molecule has 3 fully saturated rings. The van der Waals surface area contributed by atoms with E-state index in [9.17, 15) is 9.59 Å². The number of carbonyl (C=O) groups is 1. The summed E-state index contributed by atoms with van der Waals surface area (Å²) in [7, 11) is 96.1. The molecule has 46 heteroatoms. The van der Waals surface area contributed by atoms with Crippen LogP contribution in [0.2, 0.25) is 10.3 Å². The molecule has 369 valence electrons. The summed E-state index contributed by atoms with van der Waals surface area (Å²) in [4.78, 5) is 62.8. The van der Waals surface area contributed by atoms with E-state index in [-0.39, 0.29) is 11.7 Å². The second-order valence-electron chi connectivity index (χ2n) is 22.5. The van der Waals surface area contributed by atoms with Crippen molar-refractivity contribution in [3.63, 3.8) is 0 Å². The van der Waals surface area contributed by atoms with Gasteiger partial charge in [0, 0.05) is 289 Å². The third kappa shape index (κ3) is 19.6. The summed E-state index contributed by atoms with van der Waals surface area (Å²) in [5.74, 6) is 2.91. The first kappa shape index (κ1) is 70.8. The van der Waals surface area contributed by atoms with Gasteiger partial charge in [0.15, 0.2) is 5.82 Å². The first-order chi connectivity index (χ1) is 40.0. The van der Waals surface area contributed by atoms with Crippen LogP contribution in [-0.4, -0.2) is 304 Å². The molecule has 1 saturated heterocycles. The molecular formula is C39H38B31Cl2N10O3. The minimum absolute atomic E-state index is 0.132. The summed E-state index contributed by atoms with van der Waals surface area (Å²) < 4.78 is 5.55. The highest BCUT2D eigenvalue weighted by molar-refractivity contribution is 8.14. The number of nitrogens with one attached hydrogen (secondary N) is 1. The van der Waals surface area contributed by atoms with Crippen LogP contribution in [0.4, 0.5) is 10.6 Å². The molecule has 6 aromatic rings. The van der Waals surface area contributed by atoms with Gasteiger partial charge in [-0.25, -0.2) is 29.7 Å². The number of halogens is 2. The van der Waals surface area contributed by atoms with Gasteiger partial charge in [0.05, 0.1) is 28.8 Å². The molecule has 1 N–H and O–H groups in total. The molecule has 13 nitrogen and oxygen atoms in total. The number of H-pyrrole nitrogens is 1. The van der Waals surface area contributed by atoms with Crippen LogP contribution in [0.5, 0.6) is 0 Å². The third-order valence-corrected chi connectivity index (χ3v) is 15.0. The van der Waals surface area contributed by atoms with Crippen molar-refractivity contribution >= 4 is 279 Å². The number of carbonyl (C=O) groups excluding carboxylic acids is 1. The Kier molecular flexibility index (Phi) is 26.6. The summed E-state index contributed by atoms with van der Waals surface area (Å²) in [6.07, 6.45) is 5.88. The normalized spacial score (nSPS) is 13.4. The van der Waals surface area contributed by atoms with Gasteiger partial charge in [-0.1, -0.05) is 23.2 Å². The molecule has 1 aliphatic heterocycles. The molecule has 0 atom stereocenters. The lowest BCUT2D eigenvalue weighted by molar-refractivity contribution is 0.0240. The Morgan fingerprint density at radius 2 is 1.07 bits per heavy atom. The number of aromatic nitrogens is 8. The summed E-state index contributed by atoms with van der Waals surface area (Å²) in [6, 6.07) is 7.05. The van der Waals surface area contributed by atoms with Gasteiger partial charge >= 0.3 is 6.09 Å². The molecule has 0 aromatic carbocycles.